The maximum Gasteiger partial charge on any atom is 0.164 e. The molecule has 10 nitrogen and oxygen atoms in total. The lowest BCUT2D eigenvalue weighted by atomic mass is 9.85. The van der Waals surface area contributed by atoms with Crippen molar-refractivity contribution >= 4 is 44.1 Å². The van der Waals surface area contributed by atoms with Crippen molar-refractivity contribution in [3.63, 3.8) is 0 Å². The van der Waals surface area contributed by atoms with Gasteiger partial charge in [0.2, 0.25) is 0 Å². The summed E-state index contributed by atoms with van der Waals surface area (Å²) in [7, 11) is 0. The zero-order valence-electron chi connectivity index (χ0n) is 36.4. The van der Waals surface area contributed by atoms with Gasteiger partial charge in [0, 0.05) is 43.8 Å². The number of benzene rings is 5. The minimum Gasteiger partial charge on any atom is -0.384 e. The molecule has 2 aliphatic rings. The van der Waals surface area contributed by atoms with Crippen LogP contribution in [-0.4, -0.2) is 45.0 Å². The number of H-pyrrole nitrogens is 2. The van der Waals surface area contributed by atoms with Crippen molar-refractivity contribution in [3.8, 4) is 51.6 Å². The Bertz CT molecular complexity index is 3360. The number of rotatable bonds is 2. The van der Waals surface area contributed by atoms with Gasteiger partial charge in [-0.05, 0) is 80.5 Å². The van der Waals surface area contributed by atoms with Gasteiger partial charge in [0.05, 0.1) is 11.6 Å². The van der Waals surface area contributed by atoms with Crippen LogP contribution in [0.3, 0.4) is 0 Å². The summed E-state index contributed by atoms with van der Waals surface area (Å²) in [6.45, 7) is 19.8. The van der Waals surface area contributed by atoms with E-state index >= 15 is 0 Å². The van der Waals surface area contributed by atoms with Crippen molar-refractivity contribution in [2.75, 3.05) is 0 Å². The van der Waals surface area contributed by atoms with Crippen molar-refractivity contribution in [1.29, 1.82) is 5.26 Å². The Balaban J connectivity index is 1.33. The zero-order valence-corrected chi connectivity index (χ0v) is 36.4. The van der Waals surface area contributed by atoms with Crippen LogP contribution in [0.2, 0.25) is 0 Å². The first-order valence-corrected chi connectivity index (χ1v) is 21.0. The number of fused-ring (bicyclic) bond motifs is 20. The van der Waals surface area contributed by atoms with Crippen molar-refractivity contribution < 1.29 is 5.11 Å². The Hall–Kier alpha value is -7.09. The van der Waals surface area contributed by atoms with E-state index in [4.69, 9.17) is 29.9 Å². The molecule has 3 aromatic heterocycles. The first-order chi connectivity index (χ1) is 29.4. The monoisotopic (exact) mass is 813 g/mol. The molecule has 3 N–H and O–H groups in total. The van der Waals surface area contributed by atoms with Gasteiger partial charge < -0.3 is 15.1 Å². The number of aliphatic hydroxyl groups excluding tert-OH is 1. The molecule has 0 amide bonds. The molecule has 62 heavy (non-hydrogen) atoms. The number of nitriles is 1. The van der Waals surface area contributed by atoms with E-state index in [9.17, 15) is 10.4 Å². The molecule has 0 radical (unpaired) electrons. The predicted molar refractivity (Wildman–Crippen MR) is 247 cm³/mol. The maximum absolute atomic E-state index is 11.7. The molecular formula is C52H47N9O. The second-order valence-electron chi connectivity index (χ2n) is 19.6. The molecule has 8 bridgehead atoms. The predicted octanol–water partition coefficient (Wildman–Crippen LogP) is 11.7. The summed E-state index contributed by atoms with van der Waals surface area (Å²) in [4.78, 5) is 38.6. The quantitative estimate of drug-likeness (QED) is 0.156. The van der Waals surface area contributed by atoms with Crippen LogP contribution < -0.4 is 0 Å². The maximum atomic E-state index is 11.7. The van der Waals surface area contributed by atoms with Crippen LogP contribution >= 0.6 is 0 Å². The lowest BCUT2D eigenvalue weighted by Crippen LogP contribution is -2.10. The second-order valence-corrected chi connectivity index (χ2v) is 19.6. The molecule has 5 aromatic carbocycles. The average molecular weight is 814 g/mol. The van der Waals surface area contributed by atoms with Crippen LogP contribution in [0.15, 0.2) is 97.1 Å². The van der Waals surface area contributed by atoms with Crippen LogP contribution in [0.1, 0.15) is 102 Å². The van der Waals surface area contributed by atoms with Crippen LogP contribution in [0.25, 0.3) is 89.7 Å². The van der Waals surface area contributed by atoms with Gasteiger partial charge in [-0.1, -0.05) is 123 Å². The number of aliphatic hydroxyl groups is 1. The number of aromatic nitrogens is 8. The average Bonchev–Trinajstić information content (AvgIpc) is 3.97. The standard InChI is InChI=1S/C52H47N9O/c1-50(2,3)30-15-19-34-38(23-30)48-57-43(34)55-46-37-22-29(41(62)28-12-10-27(26-53)11-13-28)14-18-33(37)42(54-46)56-47-39-24-31(51(4,5)6)16-20-35(39)44(58-47)60-49-40-25-32(52(7,8)9)17-21-36(40)45(59-48)61-49/h10-25,41,62H,1-9H3,(H2,54,55,56,57,58,59,60,61). The lowest BCUT2D eigenvalue weighted by molar-refractivity contribution is 0.220. The molecule has 1 unspecified atom stereocenters. The number of nitrogens with one attached hydrogen (secondary N) is 2. The fourth-order valence-corrected chi connectivity index (χ4v) is 8.31. The highest BCUT2D eigenvalue weighted by Crippen LogP contribution is 2.41. The number of aromatic amines is 2. The number of hydrogen-bond donors (Lipinski definition) is 3. The summed E-state index contributed by atoms with van der Waals surface area (Å²) in [5.74, 6) is 2.12. The highest BCUT2D eigenvalue weighted by molar-refractivity contribution is 6.07. The zero-order chi connectivity index (χ0) is 43.5. The molecule has 0 saturated carbocycles. The van der Waals surface area contributed by atoms with E-state index in [1.165, 1.54) is 5.56 Å². The minimum atomic E-state index is -0.948. The molecule has 8 aromatic rings. The van der Waals surface area contributed by atoms with Gasteiger partial charge in [-0.15, -0.1) is 0 Å². The molecule has 0 aliphatic carbocycles. The van der Waals surface area contributed by atoms with Gasteiger partial charge in [-0.3, -0.25) is 0 Å². The van der Waals surface area contributed by atoms with Crippen LogP contribution in [0.5, 0.6) is 0 Å². The van der Waals surface area contributed by atoms with Crippen LogP contribution in [0.4, 0.5) is 0 Å². The van der Waals surface area contributed by atoms with E-state index in [0.29, 0.717) is 62.6 Å². The highest BCUT2D eigenvalue weighted by Gasteiger charge is 2.27. The van der Waals surface area contributed by atoms with Crippen LogP contribution in [0, 0.1) is 11.3 Å². The smallest absolute Gasteiger partial charge is 0.164 e. The van der Waals surface area contributed by atoms with E-state index in [2.05, 4.69) is 133 Å². The SMILES string of the molecule is CC(C)(C)c1ccc2c(c1)-c1nc-2nc2[nH]c(nc3nc(nc4[nH]c(n1)c1ccc(C(O)c5ccc(C#N)cc5)cc41)-c1ccc(C(C)(C)C)cc1-3)c1ccc(C(C)(C)C)cc21. The third kappa shape index (κ3) is 6.61. The third-order valence-electron chi connectivity index (χ3n) is 12.1. The molecule has 10 rings (SSSR count). The van der Waals surface area contributed by atoms with Gasteiger partial charge in [0.1, 0.15) is 28.7 Å². The van der Waals surface area contributed by atoms with E-state index in [1.54, 1.807) is 24.3 Å². The van der Waals surface area contributed by atoms with Gasteiger partial charge >= 0.3 is 0 Å². The summed E-state index contributed by atoms with van der Waals surface area (Å²) >= 11 is 0. The van der Waals surface area contributed by atoms with Gasteiger partial charge in [-0.25, -0.2) is 29.9 Å². The summed E-state index contributed by atoms with van der Waals surface area (Å²) in [6, 6.07) is 34.3. The summed E-state index contributed by atoms with van der Waals surface area (Å²) in [6.07, 6.45) is -0.948. The largest absolute Gasteiger partial charge is 0.384 e. The van der Waals surface area contributed by atoms with Crippen molar-refractivity contribution in [2.45, 2.75) is 84.7 Å². The lowest BCUT2D eigenvalue weighted by Gasteiger charge is -2.19. The summed E-state index contributed by atoms with van der Waals surface area (Å²) < 4.78 is 0. The molecule has 2 aliphatic heterocycles. The molecule has 1 atom stereocenters. The van der Waals surface area contributed by atoms with Crippen molar-refractivity contribution in [2.24, 2.45) is 0 Å². The third-order valence-corrected chi connectivity index (χ3v) is 12.1. The van der Waals surface area contributed by atoms with Gasteiger partial charge in [0.25, 0.3) is 0 Å². The number of hydrogen-bond acceptors (Lipinski definition) is 8. The normalized spacial score (nSPS) is 13.2. The fourth-order valence-electron chi connectivity index (χ4n) is 8.31. The second kappa shape index (κ2) is 13.7. The molecule has 0 spiro atoms. The first-order valence-electron chi connectivity index (χ1n) is 21.0. The molecule has 306 valence electrons. The van der Waals surface area contributed by atoms with E-state index in [-0.39, 0.29) is 16.2 Å². The summed E-state index contributed by atoms with van der Waals surface area (Å²) in [5.41, 5.74) is 10.9. The van der Waals surface area contributed by atoms with E-state index in [0.717, 1.165) is 54.9 Å². The van der Waals surface area contributed by atoms with E-state index < -0.39 is 6.10 Å². The Kier molecular flexibility index (Phi) is 8.64. The highest BCUT2D eigenvalue weighted by atomic mass is 16.3. The topological polar surface area (TPSA) is 153 Å². The first kappa shape index (κ1) is 39.1. The fraction of sp³-hybridized carbons (Fsp3) is 0.250. The molecule has 0 saturated heterocycles. The Morgan fingerprint density at radius 3 is 1.29 bits per heavy atom. The van der Waals surface area contributed by atoms with E-state index in [1.807, 2.05) is 18.2 Å². The molecule has 10 heteroatoms. The Morgan fingerprint density at radius 2 is 0.823 bits per heavy atom. The van der Waals surface area contributed by atoms with Crippen molar-refractivity contribution in [1.82, 2.24) is 39.9 Å². The molecule has 5 heterocycles. The minimum absolute atomic E-state index is 0.0981. The summed E-state index contributed by atoms with van der Waals surface area (Å²) in [5, 5.41) is 24.4. The number of nitrogens with zero attached hydrogens (tertiary/aromatic N) is 7. The Labute approximate surface area is 359 Å². The van der Waals surface area contributed by atoms with Crippen LogP contribution in [-0.2, 0) is 16.2 Å². The van der Waals surface area contributed by atoms with Gasteiger partial charge in [0.15, 0.2) is 23.3 Å². The molecular weight excluding hydrogens is 767 g/mol. The van der Waals surface area contributed by atoms with Crippen molar-refractivity contribution in [3.05, 3.63) is 130 Å². The molecule has 0 fully saturated rings. The Morgan fingerprint density at radius 1 is 0.435 bits per heavy atom. The van der Waals surface area contributed by atoms with Gasteiger partial charge in [-0.2, -0.15) is 5.26 Å².